The van der Waals surface area contributed by atoms with Gasteiger partial charge >= 0.3 is 5.97 Å². The van der Waals surface area contributed by atoms with Crippen molar-refractivity contribution in [3.63, 3.8) is 0 Å². The van der Waals surface area contributed by atoms with Gasteiger partial charge in [0.15, 0.2) is 5.54 Å². The van der Waals surface area contributed by atoms with Crippen molar-refractivity contribution in [3.8, 4) is 0 Å². The van der Waals surface area contributed by atoms with Crippen LogP contribution in [0.15, 0.2) is 48.5 Å². The summed E-state index contributed by atoms with van der Waals surface area (Å²) in [5.74, 6) is 3.78. The number of nitrogens with two attached hydrogens (primary N) is 2. The minimum atomic E-state index is -1.98. The molecule has 0 saturated heterocycles. The Morgan fingerprint density at radius 1 is 1.13 bits per heavy atom. The molecular formula is C27H35Cl2FN4O4S. The van der Waals surface area contributed by atoms with Gasteiger partial charge in [-0.25, -0.2) is 15.0 Å². The van der Waals surface area contributed by atoms with Crippen molar-refractivity contribution in [1.29, 1.82) is 0 Å². The van der Waals surface area contributed by atoms with Crippen molar-refractivity contribution in [2.75, 3.05) is 23.8 Å². The van der Waals surface area contributed by atoms with Gasteiger partial charge in [0.1, 0.15) is 11.9 Å². The average Bonchev–Trinajstić information content (AvgIpc) is 2.92. The minimum Gasteiger partial charge on any atom is -0.479 e. The number of hydrogen-bond acceptors (Lipinski definition) is 6. The molecule has 0 radical (unpaired) electrons. The Balaban J connectivity index is 2.45. The van der Waals surface area contributed by atoms with E-state index in [0.29, 0.717) is 28.3 Å². The third kappa shape index (κ3) is 9.08. The molecule has 0 saturated carbocycles. The van der Waals surface area contributed by atoms with Crippen LogP contribution in [0, 0.1) is 5.82 Å². The van der Waals surface area contributed by atoms with Gasteiger partial charge in [-0.2, -0.15) is 11.8 Å². The zero-order valence-corrected chi connectivity index (χ0v) is 24.1. The first-order chi connectivity index (χ1) is 18.6. The Kier molecular flexibility index (Phi) is 13.5. The number of aliphatic carboxylic acids is 1. The van der Waals surface area contributed by atoms with Crippen molar-refractivity contribution in [2.45, 2.75) is 49.7 Å². The lowest BCUT2D eigenvalue weighted by molar-refractivity contribution is -0.161. The molecule has 0 heterocycles. The van der Waals surface area contributed by atoms with Gasteiger partial charge in [0, 0.05) is 24.6 Å². The van der Waals surface area contributed by atoms with E-state index in [2.05, 4.69) is 5.32 Å². The van der Waals surface area contributed by atoms with E-state index in [1.807, 2.05) is 12.3 Å². The summed E-state index contributed by atoms with van der Waals surface area (Å²) in [5.41, 5.74) is 5.53. The molecule has 0 aliphatic heterocycles. The maximum atomic E-state index is 14.2. The number of rotatable bonds is 16. The number of hydrazine groups is 1. The number of aryl methyl sites for hydroxylation is 1. The van der Waals surface area contributed by atoms with Crippen molar-refractivity contribution in [2.24, 2.45) is 11.6 Å². The quantitative estimate of drug-likeness (QED) is 0.100. The number of carbonyl (C=O) groups excluding carboxylic acids is 2. The molecule has 2 aromatic rings. The molecule has 0 bridgehead atoms. The van der Waals surface area contributed by atoms with Crippen LogP contribution < -0.4 is 16.9 Å². The van der Waals surface area contributed by atoms with Gasteiger partial charge in [-0.05, 0) is 54.0 Å². The van der Waals surface area contributed by atoms with E-state index in [9.17, 15) is 23.9 Å². The predicted octanol–water partition coefficient (Wildman–Crippen LogP) is 3.11. The number of alkyl halides is 2. The van der Waals surface area contributed by atoms with Crippen molar-refractivity contribution >= 4 is 52.7 Å². The lowest BCUT2D eigenvalue weighted by Gasteiger charge is -2.39. The number of carbonyl (C=O) groups is 3. The van der Waals surface area contributed by atoms with Gasteiger partial charge < -0.3 is 16.2 Å². The van der Waals surface area contributed by atoms with E-state index >= 15 is 0 Å². The van der Waals surface area contributed by atoms with Crippen LogP contribution in [0.4, 0.5) is 4.39 Å². The number of amides is 2. The zero-order chi connectivity index (χ0) is 29.0. The molecule has 0 aliphatic rings. The maximum absolute atomic E-state index is 14.2. The van der Waals surface area contributed by atoms with E-state index in [4.69, 9.17) is 34.8 Å². The Bertz CT molecular complexity index is 1110. The second-order valence-corrected chi connectivity index (χ2v) is 10.9. The molecule has 6 N–H and O–H groups in total. The first-order valence-corrected chi connectivity index (χ1v) is 14.9. The fourth-order valence-electron chi connectivity index (χ4n) is 4.19. The van der Waals surface area contributed by atoms with Crippen LogP contribution in [-0.4, -0.2) is 69.3 Å². The van der Waals surface area contributed by atoms with Crippen LogP contribution in [-0.2, 0) is 33.6 Å². The van der Waals surface area contributed by atoms with Gasteiger partial charge in [0.25, 0.3) is 5.91 Å². The summed E-state index contributed by atoms with van der Waals surface area (Å²) in [6.45, 7) is 0. The summed E-state index contributed by atoms with van der Waals surface area (Å²) in [5, 5.41) is 13.7. The lowest BCUT2D eigenvalue weighted by atomic mass is 9.86. The molecule has 0 unspecified atom stereocenters. The van der Waals surface area contributed by atoms with Gasteiger partial charge in [-0.15, -0.1) is 23.2 Å². The highest BCUT2D eigenvalue weighted by atomic mass is 35.5. The van der Waals surface area contributed by atoms with E-state index < -0.39 is 41.2 Å². The molecular weight excluding hydrogens is 566 g/mol. The van der Waals surface area contributed by atoms with Gasteiger partial charge in [-0.3, -0.25) is 14.6 Å². The number of benzene rings is 2. The second kappa shape index (κ2) is 16.0. The molecule has 0 spiro atoms. The van der Waals surface area contributed by atoms with Gasteiger partial charge in [0.05, 0.1) is 6.04 Å². The summed E-state index contributed by atoms with van der Waals surface area (Å²) in [6.07, 6.45) is 2.14. The molecule has 2 rings (SSSR count). The number of halogens is 3. The van der Waals surface area contributed by atoms with Crippen LogP contribution in [0.5, 0.6) is 0 Å². The first kappa shape index (κ1) is 32.8. The van der Waals surface area contributed by atoms with Crippen LogP contribution in [0.2, 0.25) is 0 Å². The number of carboxylic acid groups (broad SMARTS) is 1. The van der Waals surface area contributed by atoms with E-state index in [1.54, 1.807) is 24.3 Å². The number of thioether (sulfide) groups is 1. The highest BCUT2D eigenvalue weighted by Gasteiger charge is 2.47. The molecule has 0 fully saturated rings. The van der Waals surface area contributed by atoms with E-state index in [1.165, 1.54) is 30.0 Å². The number of nitrogens with one attached hydrogen (secondary N) is 1. The molecule has 2 amide bonds. The Morgan fingerprint density at radius 2 is 1.82 bits per heavy atom. The first-order valence-electron chi connectivity index (χ1n) is 12.4. The van der Waals surface area contributed by atoms with Crippen molar-refractivity contribution in [3.05, 3.63) is 71.0 Å². The number of hydrogen-bond donors (Lipinski definition) is 4. The third-order valence-electron chi connectivity index (χ3n) is 6.44. The van der Waals surface area contributed by atoms with E-state index in [0.717, 1.165) is 5.56 Å². The monoisotopic (exact) mass is 600 g/mol. The van der Waals surface area contributed by atoms with Crippen LogP contribution in [0.1, 0.15) is 29.5 Å². The lowest BCUT2D eigenvalue weighted by Crippen LogP contribution is -2.66. The van der Waals surface area contributed by atoms with Crippen molar-refractivity contribution in [1.82, 2.24) is 10.3 Å². The number of carboxylic acids is 1. The van der Waals surface area contributed by atoms with Crippen molar-refractivity contribution < 1.29 is 23.9 Å². The summed E-state index contributed by atoms with van der Waals surface area (Å²) in [6, 6.07) is 11.0. The Hall–Kier alpha value is -2.37. The van der Waals surface area contributed by atoms with Crippen LogP contribution in [0.25, 0.3) is 0 Å². The summed E-state index contributed by atoms with van der Waals surface area (Å²) in [7, 11) is 0. The Labute approximate surface area is 242 Å². The highest BCUT2D eigenvalue weighted by Crippen LogP contribution is 2.27. The van der Waals surface area contributed by atoms with Crippen LogP contribution >= 0.6 is 35.0 Å². The topological polar surface area (TPSA) is 139 Å². The van der Waals surface area contributed by atoms with Gasteiger partial charge in [-0.1, -0.05) is 42.5 Å². The molecule has 12 heteroatoms. The number of nitrogens with zero attached hydrogens (tertiary/aromatic N) is 1. The fourth-order valence-corrected chi connectivity index (χ4v) is 5.19. The molecule has 39 heavy (non-hydrogen) atoms. The molecule has 8 nitrogen and oxygen atoms in total. The fraction of sp³-hybridized carbons (Fsp3) is 0.444. The Morgan fingerprint density at radius 3 is 2.41 bits per heavy atom. The summed E-state index contributed by atoms with van der Waals surface area (Å²) >= 11 is 13.3. The SMILES string of the molecule is CSCC[C@H](N)C(=O)N[C@@H](Cc1ccccc1)C(=O)N(N)[C@@](CCCl)(Cc1ccc(F)c(CCCl)c1)C(=O)O. The summed E-state index contributed by atoms with van der Waals surface area (Å²) < 4.78 is 14.2. The maximum Gasteiger partial charge on any atom is 0.331 e. The third-order valence-corrected chi connectivity index (χ3v) is 7.46. The molecule has 214 valence electrons. The average molecular weight is 602 g/mol. The molecule has 3 atom stereocenters. The molecule has 0 aromatic heterocycles. The van der Waals surface area contributed by atoms with Crippen LogP contribution in [0.3, 0.4) is 0 Å². The van der Waals surface area contributed by atoms with Gasteiger partial charge in [0.2, 0.25) is 5.91 Å². The molecule has 0 aliphatic carbocycles. The molecule has 2 aromatic carbocycles. The largest absolute Gasteiger partial charge is 0.479 e. The normalized spacial score (nSPS) is 14.2. The zero-order valence-electron chi connectivity index (χ0n) is 21.7. The summed E-state index contributed by atoms with van der Waals surface area (Å²) in [4.78, 5) is 39.4. The smallest absolute Gasteiger partial charge is 0.331 e. The standard InChI is InChI=1S/C27H35Cl2FN4O4S/c1-39-14-10-22(31)24(35)33-23(16-18-5-3-2-4-6-18)25(36)34(32)27(11-13-29,26(37)38)17-19-7-8-21(30)20(15-19)9-12-28/h2-8,15,22-23H,9-14,16-17,31-32H2,1H3,(H,33,35)(H,37,38)/t22-,23-,27-/m0/s1. The predicted molar refractivity (Wildman–Crippen MR) is 154 cm³/mol. The highest BCUT2D eigenvalue weighted by molar-refractivity contribution is 7.98. The minimum absolute atomic E-state index is 0.0569. The second-order valence-electron chi connectivity index (χ2n) is 9.16. The van der Waals surface area contributed by atoms with E-state index in [-0.39, 0.29) is 37.4 Å².